The van der Waals surface area contributed by atoms with E-state index in [1.165, 1.54) is 0 Å². The summed E-state index contributed by atoms with van der Waals surface area (Å²) in [5, 5.41) is 19.7. The van der Waals surface area contributed by atoms with Gasteiger partial charge in [-0.15, -0.1) is 0 Å². The van der Waals surface area contributed by atoms with E-state index in [1.807, 2.05) is 18.9 Å². The maximum atomic E-state index is 11.2. The molecule has 0 spiro atoms. The van der Waals surface area contributed by atoms with E-state index >= 15 is 0 Å². The fraction of sp³-hybridized carbons (Fsp3) is 0.625. The molecule has 0 unspecified atom stereocenters. The lowest BCUT2D eigenvalue weighted by Crippen LogP contribution is -2.39. The third-order valence-electron chi connectivity index (χ3n) is 4.07. The van der Waals surface area contributed by atoms with E-state index in [0.717, 1.165) is 44.2 Å². The van der Waals surface area contributed by atoms with Crippen LogP contribution in [0.3, 0.4) is 0 Å². The zero-order valence-electron chi connectivity index (χ0n) is 12.8. The summed E-state index contributed by atoms with van der Waals surface area (Å²) in [5.41, 5.74) is 0.381. The van der Waals surface area contributed by atoms with E-state index < -0.39 is 11.6 Å². The van der Waals surface area contributed by atoms with Crippen LogP contribution in [0.5, 0.6) is 0 Å². The van der Waals surface area contributed by atoms with Gasteiger partial charge in [0.15, 0.2) is 0 Å². The normalized spacial score (nSPS) is 16.9. The molecule has 0 amide bonds. The standard InChI is InChI=1S/C16H24N2O3/c1-3-6-13-9-12(15(19)20)10-14(17-13)18(2)11-16(21)7-4-5-8-16/h9-10,21H,3-8,11H2,1-2H3,(H,19,20). The maximum Gasteiger partial charge on any atom is 0.335 e. The Kier molecular flexibility index (Phi) is 4.83. The van der Waals surface area contributed by atoms with Crippen LogP contribution in [0.2, 0.25) is 0 Å². The van der Waals surface area contributed by atoms with Crippen LogP contribution >= 0.6 is 0 Å². The topological polar surface area (TPSA) is 73.7 Å². The SMILES string of the molecule is CCCc1cc(C(=O)O)cc(N(C)CC2(O)CCCC2)n1. The number of nitrogens with zero attached hydrogens (tertiary/aromatic N) is 2. The predicted molar refractivity (Wildman–Crippen MR) is 81.9 cm³/mol. The zero-order valence-corrected chi connectivity index (χ0v) is 12.8. The molecule has 0 saturated heterocycles. The molecule has 1 aromatic heterocycles. The second kappa shape index (κ2) is 6.43. The third-order valence-corrected chi connectivity index (χ3v) is 4.07. The molecular formula is C16H24N2O3. The van der Waals surface area contributed by atoms with Crippen LogP contribution in [0, 0.1) is 0 Å². The zero-order chi connectivity index (χ0) is 15.5. The molecule has 0 aliphatic heterocycles. The lowest BCUT2D eigenvalue weighted by molar-refractivity contribution is 0.0558. The molecule has 1 aromatic rings. The van der Waals surface area contributed by atoms with E-state index in [2.05, 4.69) is 4.98 Å². The average Bonchev–Trinajstić information content (AvgIpc) is 2.85. The van der Waals surface area contributed by atoms with Gasteiger partial charge < -0.3 is 15.1 Å². The Morgan fingerprint density at radius 3 is 2.62 bits per heavy atom. The average molecular weight is 292 g/mol. The molecule has 0 bridgehead atoms. The predicted octanol–water partition coefficient (Wildman–Crippen LogP) is 2.47. The Labute approximate surface area is 125 Å². The lowest BCUT2D eigenvalue weighted by atomic mass is 10.0. The van der Waals surface area contributed by atoms with Crippen molar-refractivity contribution in [3.63, 3.8) is 0 Å². The Bertz CT molecular complexity index is 510. The van der Waals surface area contributed by atoms with Crippen molar-refractivity contribution in [2.24, 2.45) is 0 Å². The summed E-state index contributed by atoms with van der Waals surface area (Å²) in [5.74, 6) is -0.317. The first-order valence-electron chi connectivity index (χ1n) is 7.61. The van der Waals surface area contributed by atoms with Crippen molar-refractivity contribution in [3.8, 4) is 0 Å². The molecule has 21 heavy (non-hydrogen) atoms. The van der Waals surface area contributed by atoms with Crippen molar-refractivity contribution in [1.82, 2.24) is 4.98 Å². The summed E-state index contributed by atoms with van der Waals surface area (Å²) in [4.78, 5) is 17.6. The lowest BCUT2D eigenvalue weighted by Gasteiger charge is -2.29. The van der Waals surface area contributed by atoms with Gasteiger partial charge in [-0.3, -0.25) is 0 Å². The van der Waals surface area contributed by atoms with Crippen LogP contribution in [0.1, 0.15) is 55.1 Å². The first-order chi connectivity index (χ1) is 9.93. The van der Waals surface area contributed by atoms with Gasteiger partial charge in [-0.1, -0.05) is 26.2 Å². The Morgan fingerprint density at radius 1 is 1.38 bits per heavy atom. The van der Waals surface area contributed by atoms with Gasteiger partial charge in [-0.25, -0.2) is 9.78 Å². The molecule has 1 aliphatic rings. The molecule has 2 N–H and O–H groups in total. The van der Waals surface area contributed by atoms with Crippen LogP contribution in [0.4, 0.5) is 5.82 Å². The van der Waals surface area contributed by atoms with Crippen LogP contribution < -0.4 is 4.90 Å². The molecule has 5 nitrogen and oxygen atoms in total. The van der Waals surface area contributed by atoms with Crippen molar-refractivity contribution < 1.29 is 15.0 Å². The van der Waals surface area contributed by atoms with Gasteiger partial charge in [-0.2, -0.15) is 0 Å². The summed E-state index contributed by atoms with van der Waals surface area (Å²) in [6, 6.07) is 3.22. The minimum Gasteiger partial charge on any atom is -0.478 e. The summed E-state index contributed by atoms with van der Waals surface area (Å²) in [6.45, 7) is 2.54. The number of carboxylic acids is 1. The van der Waals surface area contributed by atoms with E-state index in [0.29, 0.717) is 12.4 Å². The quantitative estimate of drug-likeness (QED) is 0.842. The Morgan fingerprint density at radius 2 is 2.05 bits per heavy atom. The number of aliphatic hydroxyl groups is 1. The van der Waals surface area contributed by atoms with E-state index in [4.69, 9.17) is 0 Å². The van der Waals surface area contributed by atoms with Gasteiger partial charge in [0.25, 0.3) is 0 Å². The van der Waals surface area contributed by atoms with E-state index in [9.17, 15) is 15.0 Å². The molecule has 1 aliphatic carbocycles. The van der Waals surface area contributed by atoms with Gasteiger partial charge in [-0.05, 0) is 31.4 Å². The number of hydrogen-bond acceptors (Lipinski definition) is 4. The molecule has 116 valence electrons. The van der Waals surface area contributed by atoms with Crippen molar-refractivity contribution in [2.75, 3.05) is 18.5 Å². The van der Waals surface area contributed by atoms with Crippen molar-refractivity contribution in [2.45, 2.75) is 51.0 Å². The van der Waals surface area contributed by atoms with Gasteiger partial charge in [0.05, 0.1) is 11.2 Å². The molecule has 2 rings (SSSR count). The van der Waals surface area contributed by atoms with Gasteiger partial charge >= 0.3 is 5.97 Å². The number of rotatable bonds is 6. The fourth-order valence-corrected chi connectivity index (χ4v) is 2.99. The third kappa shape index (κ3) is 3.94. The number of hydrogen-bond donors (Lipinski definition) is 2. The molecule has 1 saturated carbocycles. The molecule has 0 aromatic carbocycles. The number of aromatic carboxylic acids is 1. The summed E-state index contributed by atoms with van der Waals surface area (Å²) < 4.78 is 0. The molecule has 0 radical (unpaired) electrons. The second-order valence-electron chi connectivity index (χ2n) is 6.05. The molecule has 0 atom stereocenters. The largest absolute Gasteiger partial charge is 0.478 e. The summed E-state index contributed by atoms with van der Waals surface area (Å²) in [7, 11) is 1.86. The molecular weight excluding hydrogens is 268 g/mol. The number of anilines is 1. The number of carbonyl (C=O) groups is 1. The van der Waals surface area contributed by atoms with Crippen LogP contribution in [-0.4, -0.2) is 40.4 Å². The first-order valence-corrected chi connectivity index (χ1v) is 7.61. The van der Waals surface area contributed by atoms with Crippen molar-refractivity contribution >= 4 is 11.8 Å². The number of likely N-dealkylation sites (N-methyl/N-ethyl adjacent to an activating group) is 1. The number of aryl methyl sites for hydroxylation is 1. The number of pyridine rings is 1. The Balaban J connectivity index is 2.22. The minimum absolute atomic E-state index is 0.258. The van der Waals surface area contributed by atoms with Gasteiger partial charge in [0.2, 0.25) is 0 Å². The first kappa shape index (κ1) is 15.8. The highest BCUT2D eigenvalue weighted by Crippen LogP contribution is 2.31. The van der Waals surface area contributed by atoms with E-state index in [-0.39, 0.29) is 5.56 Å². The minimum atomic E-state index is -0.941. The summed E-state index contributed by atoms with van der Waals surface area (Å²) >= 11 is 0. The number of aromatic nitrogens is 1. The highest BCUT2D eigenvalue weighted by molar-refractivity contribution is 5.88. The molecule has 5 heteroatoms. The molecule has 1 fully saturated rings. The number of carboxylic acid groups (broad SMARTS) is 1. The second-order valence-corrected chi connectivity index (χ2v) is 6.05. The summed E-state index contributed by atoms with van der Waals surface area (Å²) in [6.07, 6.45) is 5.38. The highest BCUT2D eigenvalue weighted by Gasteiger charge is 2.32. The van der Waals surface area contributed by atoms with Crippen molar-refractivity contribution in [1.29, 1.82) is 0 Å². The van der Waals surface area contributed by atoms with E-state index in [1.54, 1.807) is 12.1 Å². The van der Waals surface area contributed by atoms with Crippen LogP contribution in [-0.2, 0) is 6.42 Å². The molecule has 1 heterocycles. The van der Waals surface area contributed by atoms with Gasteiger partial charge in [0, 0.05) is 19.3 Å². The maximum absolute atomic E-state index is 11.2. The van der Waals surface area contributed by atoms with Gasteiger partial charge in [0.1, 0.15) is 5.82 Å². The monoisotopic (exact) mass is 292 g/mol. The van der Waals surface area contributed by atoms with Crippen LogP contribution in [0.25, 0.3) is 0 Å². The van der Waals surface area contributed by atoms with Crippen LogP contribution in [0.15, 0.2) is 12.1 Å². The van der Waals surface area contributed by atoms with Crippen molar-refractivity contribution in [3.05, 3.63) is 23.4 Å². The Hall–Kier alpha value is -1.62. The fourth-order valence-electron chi connectivity index (χ4n) is 2.99. The highest BCUT2D eigenvalue weighted by atomic mass is 16.4. The smallest absolute Gasteiger partial charge is 0.335 e.